The fraction of sp³-hybridized carbons (Fsp3) is 0.474. The maximum Gasteiger partial charge on any atom is 0.219 e. The van der Waals surface area contributed by atoms with Crippen LogP contribution in [0.25, 0.3) is 0 Å². The quantitative estimate of drug-likeness (QED) is 0.875. The predicted octanol–water partition coefficient (Wildman–Crippen LogP) is 2.18. The summed E-state index contributed by atoms with van der Waals surface area (Å²) in [4.78, 5) is 15.7. The second kappa shape index (κ2) is 8.16. The second-order valence-corrected chi connectivity index (χ2v) is 6.54. The first-order valence-corrected chi connectivity index (χ1v) is 8.96. The third-order valence-corrected chi connectivity index (χ3v) is 4.66. The van der Waals surface area contributed by atoms with Crippen molar-refractivity contribution in [2.75, 3.05) is 31.5 Å². The molecule has 1 amide bonds. The smallest absolute Gasteiger partial charge is 0.219 e. The van der Waals surface area contributed by atoms with E-state index >= 15 is 0 Å². The van der Waals surface area contributed by atoms with Crippen molar-refractivity contribution in [1.82, 2.24) is 19.6 Å². The molecule has 0 saturated carbocycles. The number of piperazine rings is 1. The van der Waals surface area contributed by atoms with Crippen LogP contribution in [0.2, 0.25) is 0 Å². The number of hydrogen-bond donors (Lipinski definition) is 1. The predicted molar refractivity (Wildman–Crippen MR) is 99.2 cm³/mol. The number of rotatable bonds is 6. The lowest BCUT2D eigenvalue weighted by molar-refractivity contribution is -0.130. The molecule has 6 heteroatoms. The van der Waals surface area contributed by atoms with Gasteiger partial charge in [0.25, 0.3) is 0 Å². The number of hydrogen-bond acceptors (Lipinski definition) is 4. The van der Waals surface area contributed by atoms with Crippen molar-refractivity contribution in [3.63, 3.8) is 0 Å². The van der Waals surface area contributed by atoms with E-state index in [4.69, 9.17) is 0 Å². The van der Waals surface area contributed by atoms with Crippen LogP contribution in [0.4, 0.5) is 5.69 Å². The van der Waals surface area contributed by atoms with Crippen LogP contribution in [0.1, 0.15) is 25.0 Å². The monoisotopic (exact) mass is 341 g/mol. The topological polar surface area (TPSA) is 53.4 Å². The highest BCUT2D eigenvalue weighted by atomic mass is 16.2. The van der Waals surface area contributed by atoms with Gasteiger partial charge in [-0.05, 0) is 24.6 Å². The minimum atomic E-state index is 0.178. The normalized spacial score (nSPS) is 15.4. The van der Waals surface area contributed by atoms with Gasteiger partial charge < -0.3 is 10.2 Å². The highest BCUT2D eigenvalue weighted by Crippen LogP contribution is 2.15. The molecule has 1 aromatic heterocycles. The maximum atomic E-state index is 11.4. The zero-order valence-electron chi connectivity index (χ0n) is 15.1. The number of aromatic nitrogens is 2. The summed E-state index contributed by atoms with van der Waals surface area (Å²) >= 11 is 0. The summed E-state index contributed by atoms with van der Waals surface area (Å²) in [7, 11) is 0. The molecule has 0 radical (unpaired) electrons. The molecule has 1 aliphatic rings. The molecule has 0 spiro atoms. The number of nitrogens with one attached hydrogen (secondary N) is 1. The fourth-order valence-electron chi connectivity index (χ4n) is 3.13. The molecule has 3 rings (SSSR count). The largest absolute Gasteiger partial charge is 0.381 e. The number of carbonyl (C=O) groups excluding carboxylic acids is 1. The molecule has 0 aliphatic carbocycles. The van der Waals surface area contributed by atoms with Gasteiger partial charge in [0.1, 0.15) is 0 Å². The van der Waals surface area contributed by atoms with Gasteiger partial charge in [0, 0.05) is 70.2 Å². The van der Waals surface area contributed by atoms with Crippen LogP contribution in [-0.2, 0) is 24.4 Å². The van der Waals surface area contributed by atoms with E-state index < -0.39 is 0 Å². The lowest BCUT2D eigenvalue weighted by atomic mass is 10.1. The van der Waals surface area contributed by atoms with Gasteiger partial charge in [-0.2, -0.15) is 5.10 Å². The number of benzene rings is 1. The Morgan fingerprint density at radius 2 is 2.00 bits per heavy atom. The van der Waals surface area contributed by atoms with Crippen molar-refractivity contribution in [3.05, 3.63) is 47.8 Å². The molecule has 1 aromatic carbocycles. The molecule has 1 saturated heterocycles. The first-order chi connectivity index (χ1) is 12.1. The van der Waals surface area contributed by atoms with Gasteiger partial charge >= 0.3 is 0 Å². The van der Waals surface area contributed by atoms with Crippen LogP contribution in [0.5, 0.6) is 0 Å². The minimum Gasteiger partial charge on any atom is -0.381 e. The van der Waals surface area contributed by atoms with Gasteiger partial charge in [-0.1, -0.05) is 12.1 Å². The van der Waals surface area contributed by atoms with Crippen molar-refractivity contribution >= 4 is 11.6 Å². The van der Waals surface area contributed by atoms with Crippen molar-refractivity contribution in [1.29, 1.82) is 0 Å². The molecular weight excluding hydrogens is 314 g/mol. The molecule has 0 bridgehead atoms. The van der Waals surface area contributed by atoms with Crippen LogP contribution < -0.4 is 5.32 Å². The summed E-state index contributed by atoms with van der Waals surface area (Å²) < 4.78 is 1.94. The Morgan fingerprint density at radius 1 is 1.20 bits per heavy atom. The van der Waals surface area contributed by atoms with Crippen LogP contribution in [0.15, 0.2) is 36.7 Å². The molecule has 1 aliphatic heterocycles. The van der Waals surface area contributed by atoms with E-state index in [-0.39, 0.29) is 5.91 Å². The second-order valence-electron chi connectivity index (χ2n) is 6.54. The Balaban J connectivity index is 1.52. The number of nitrogens with zero attached hydrogens (tertiary/aromatic N) is 4. The lowest BCUT2D eigenvalue weighted by Crippen LogP contribution is -2.47. The lowest BCUT2D eigenvalue weighted by Gasteiger charge is -2.34. The number of anilines is 1. The maximum absolute atomic E-state index is 11.4. The Kier molecular flexibility index (Phi) is 5.71. The summed E-state index contributed by atoms with van der Waals surface area (Å²) in [5.41, 5.74) is 3.61. The van der Waals surface area contributed by atoms with Gasteiger partial charge in [-0.25, -0.2) is 0 Å². The summed E-state index contributed by atoms with van der Waals surface area (Å²) in [5.74, 6) is 0.178. The molecule has 2 heterocycles. The fourth-order valence-corrected chi connectivity index (χ4v) is 3.13. The van der Waals surface area contributed by atoms with E-state index in [2.05, 4.69) is 52.7 Å². The average Bonchev–Trinajstić information content (AvgIpc) is 3.09. The molecule has 2 aromatic rings. The van der Waals surface area contributed by atoms with E-state index in [1.807, 2.05) is 15.8 Å². The van der Waals surface area contributed by atoms with Gasteiger partial charge in [-0.15, -0.1) is 0 Å². The SMILES string of the molecule is CCn1cc(CNc2cccc(CN3CCN(C(C)=O)CC3)c2)cn1. The number of carbonyl (C=O) groups is 1. The van der Waals surface area contributed by atoms with E-state index in [0.717, 1.165) is 51.5 Å². The first kappa shape index (κ1) is 17.5. The van der Waals surface area contributed by atoms with Gasteiger partial charge in [0.2, 0.25) is 5.91 Å². The van der Waals surface area contributed by atoms with E-state index in [0.29, 0.717) is 0 Å². The Morgan fingerprint density at radius 3 is 2.68 bits per heavy atom. The van der Waals surface area contributed by atoms with Crippen molar-refractivity contribution in [2.24, 2.45) is 0 Å². The first-order valence-electron chi connectivity index (χ1n) is 8.96. The third kappa shape index (κ3) is 4.82. The third-order valence-electron chi connectivity index (χ3n) is 4.66. The summed E-state index contributed by atoms with van der Waals surface area (Å²) in [5, 5.41) is 7.78. The van der Waals surface area contributed by atoms with Gasteiger partial charge in [-0.3, -0.25) is 14.4 Å². The highest BCUT2D eigenvalue weighted by Gasteiger charge is 2.18. The molecule has 25 heavy (non-hydrogen) atoms. The summed E-state index contributed by atoms with van der Waals surface area (Å²) in [6.45, 7) is 9.87. The zero-order valence-corrected chi connectivity index (χ0v) is 15.1. The number of amides is 1. The van der Waals surface area contributed by atoms with E-state index in [9.17, 15) is 4.79 Å². The Bertz CT molecular complexity index is 703. The van der Waals surface area contributed by atoms with Crippen molar-refractivity contribution in [2.45, 2.75) is 33.5 Å². The Labute approximate surface area is 149 Å². The molecular formula is C19H27N5O. The van der Waals surface area contributed by atoms with Crippen LogP contribution >= 0.6 is 0 Å². The number of aryl methyl sites for hydroxylation is 1. The summed E-state index contributed by atoms with van der Waals surface area (Å²) in [6, 6.07) is 8.57. The molecule has 1 fully saturated rings. The zero-order chi connectivity index (χ0) is 17.6. The molecule has 1 N–H and O–H groups in total. The van der Waals surface area contributed by atoms with Crippen molar-refractivity contribution in [3.8, 4) is 0 Å². The summed E-state index contributed by atoms with van der Waals surface area (Å²) in [6.07, 6.45) is 3.99. The standard InChI is InChI=1S/C19H27N5O/c1-3-24-15-18(13-21-24)12-20-19-6-4-5-17(11-19)14-22-7-9-23(10-8-22)16(2)25/h4-6,11,13,15,20H,3,7-10,12,14H2,1-2H3. The molecule has 0 unspecified atom stereocenters. The van der Waals surface area contributed by atoms with E-state index in [1.165, 1.54) is 11.1 Å². The molecule has 134 valence electrons. The van der Waals surface area contributed by atoms with Crippen molar-refractivity contribution < 1.29 is 4.79 Å². The van der Waals surface area contributed by atoms with Crippen LogP contribution in [0, 0.1) is 0 Å². The minimum absolute atomic E-state index is 0.178. The van der Waals surface area contributed by atoms with Gasteiger partial charge in [0.15, 0.2) is 0 Å². The van der Waals surface area contributed by atoms with Crippen LogP contribution in [0.3, 0.4) is 0 Å². The van der Waals surface area contributed by atoms with Crippen LogP contribution in [-0.4, -0.2) is 51.7 Å². The molecule has 0 atom stereocenters. The van der Waals surface area contributed by atoms with Gasteiger partial charge in [0.05, 0.1) is 6.20 Å². The Hall–Kier alpha value is -2.34. The average molecular weight is 341 g/mol. The highest BCUT2D eigenvalue weighted by molar-refractivity contribution is 5.73. The van der Waals surface area contributed by atoms with E-state index in [1.54, 1.807) is 6.92 Å². The molecule has 6 nitrogen and oxygen atoms in total.